The Morgan fingerprint density at radius 1 is 1.29 bits per heavy atom. The van der Waals surface area contributed by atoms with Crippen molar-refractivity contribution in [3.05, 3.63) is 35.9 Å². The van der Waals surface area contributed by atoms with Crippen LogP contribution >= 0.6 is 0 Å². The van der Waals surface area contributed by atoms with Gasteiger partial charge >= 0.3 is 0 Å². The minimum Gasteiger partial charge on any atom is -0.384 e. The zero-order chi connectivity index (χ0) is 10.2. The van der Waals surface area contributed by atoms with Crippen LogP contribution in [0, 0.1) is 5.92 Å². The number of methoxy groups -OCH3 is 1. The second-order valence-electron chi connectivity index (χ2n) is 3.57. The van der Waals surface area contributed by atoms with Gasteiger partial charge in [-0.05, 0) is 24.9 Å². The molecule has 1 atom stereocenters. The van der Waals surface area contributed by atoms with Gasteiger partial charge in [-0.25, -0.2) is 0 Å². The molecule has 0 aromatic heterocycles. The highest BCUT2D eigenvalue weighted by Gasteiger charge is 2.07. The average molecular weight is 193 g/mol. The summed E-state index contributed by atoms with van der Waals surface area (Å²) in [5.74, 6) is 0.562. The molecule has 0 aliphatic carbocycles. The van der Waals surface area contributed by atoms with Crippen LogP contribution in [0.4, 0.5) is 0 Å². The molecule has 0 aliphatic heterocycles. The number of nitrogens with one attached hydrogen (secondary N) is 1. The van der Waals surface area contributed by atoms with Gasteiger partial charge in [-0.3, -0.25) is 0 Å². The highest BCUT2D eigenvalue weighted by Crippen LogP contribution is 2.08. The number of hydrogen-bond acceptors (Lipinski definition) is 2. The summed E-state index contributed by atoms with van der Waals surface area (Å²) in [5, 5.41) is 3.19. The number of rotatable bonds is 6. The zero-order valence-electron chi connectivity index (χ0n) is 8.99. The van der Waals surface area contributed by atoms with Crippen molar-refractivity contribution in [2.45, 2.75) is 6.42 Å². The summed E-state index contributed by atoms with van der Waals surface area (Å²) in [6, 6.07) is 10.5. The fourth-order valence-corrected chi connectivity index (χ4v) is 1.66. The van der Waals surface area contributed by atoms with E-state index >= 15 is 0 Å². The molecule has 0 aliphatic rings. The molecule has 1 N–H and O–H groups in total. The summed E-state index contributed by atoms with van der Waals surface area (Å²) in [5.41, 5.74) is 1.38. The third-order valence-electron chi connectivity index (χ3n) is 2.26. The summed E-state index contributed by atoms with van der Waals surface area (Å²) < 4.78 is 5.19. The van der Waals surface area contributed by atoms with Gasteiger partial charge in [-0.15, -0.1) is 0 Å². The first-order valence-corrected chi connectivity index (χ1v) is 5.04. The molecular weight excluding hydrogens is 174 g/mol. The zero-order valence-corrected chi connectivity index (χ0v) is 8.99. The Kier molecular flexibility index (Phi) is 5.27. The maximum Gasteiger partial charge on any atom is 0.0505 e. The summed E-state index contributed by atoms with van der Waals surface area (Å²) in [6.07, 6.45) is 1.08. The lowest BCUT2D eigenvalue weighted by atomic mass is 10.0. The maximum atomic E-state index is 5.19. The summed E-state index contributed by atoms with van der Waals surface area (Å²) in [7, 11) is 3.74. The molecule has 0 fully saturated rings. The van der Waals surface area contributed by atoms with E-state index in [1.165, 1.54) is 5.56 Å². The smallest absolute Gasteiger partial charge is 0.0505 e. The van der Waals surface area contributed by atoms with Crippen LogP contribution in [0.1, 0.15) is 5.56 Å². The summed E-state index contributed by atoms with van der Waals surface area (Å²) in [6.45, 7) is 1.82. The largest absolute Gasteiger partial charge is 0.384 e. The standard InChI is InChI=1S/C12H19NO/c1-13-9-12(10-14-2)8-11-6-4-3-5-7-11/h3-7,12-13H,8-10H2,1-2H3. The molecule has 0 saturated carbocycles. The Labute approximate surface area is 86.3 Å². The van der Waals surface area contributed by atoms with Crippen LogP contribution in [0.25, 0.3) is 0 Å². The van der Waals surface area contributed by atoms with Gasteiger partial charge in [0.2, 0.25) is 0 Å². The van der Waals surface area contributed by atoms with Crippen molar-refractivity contribution in [1.82, 2.24) is 5.32 Å². The molecule has 0 bridgehead atoms. The van der Waals surface area contributed by atoms with Crippen LogP contribution in [-0.4, -0.2) is 27.3 Å². The Hall–Kier alpha value is -0.860. The fourth-order valence-electron chi connectivity index (χ4n) is 1.66. The summed E-state index contributed by atoms with van der Waals surface area (Å²) in [4.78, 5) is 0. The van der Waals surface area contributed by atoms with Crippen LogP contribution in [0.3, 0.4) is 0 Å². The van der Waals surface area contributed by atoms with Crippen LogP contribution in [0.5, 0.6) is 0 Å². The van der Waals surface area contributed by atoms with E-state index in [0.717, 1.165) is 19.6 Å². The van der Waals surface area contributed by atoms with E-state index in [0.29, 0.717) is 5.92 Å². The second kappa shape index (κ2) is 6.57. The third-order valence-corrected chi connectivity index (χ3v) is 2.26. The van der Waals surface area contributed by atoms with Crippen molar-refractivity contribution < 1.29 is 4.74 Å². The molecule has 1 unspecified atom stereocenters. The topological polar surface area (TPSA) is 21.3 Å². The molecule has 1 aromatic carbocycles. The van der Waals surface area contributed by atoms with Crippen molar-refractivity contribution in [2.75, 3.05) is 27.3 Å². The fraction of sp³-hybridized carbons (Fsp3) is 0.500. The normalized spacial score (nSPS) is 12.7. The molecule has 2 nitrogen and oxygen atoms in total. The Morgan fingerprint density at radius 2 is 2.00 bits per heavy atom. The van der Waals surface area contributed by atoms with E-state index in [1.54, 1.807) is 7.11 Å². The molecule has 0 radical (unpaired) electrons. The van der Waals surface area contributed by atoms with Crippen molar-refractivity contribution in [3.8, 4) is 0 Å². The average Bonchev–Trinajstić information content (AvgIpc) is 2.20. The number of benzene rings is 1. The monoisotopic (exact) mass is 193 g/mol. The first-order chi connectivity index (χ1) is 6.86. The predicted molar refractivity (Wildman–Crippen MR) is 59.4 cm³/mol. The molecule has 0 spiro atoms. The van der Waals surface area contributed by atoms with Gasteiger partial charge in [0, 0.05) is 13.7 Å². The van der Waals surface area contributed by atoms with Gasteiger partial charge in [0.05, 0.1) is 6.61 Å². The van der Waals surface area contributed by atoms with Crippen molar-refractivity contribution in [1.29, 1.82) is 0 Å². The highest BCUT2D eigenvalue weighted by molar-refractivity contribution is 5.15. The third kappa shape index (κ3) is 3.90. The van der Waals surface area contributed by atoms with E-state index < -0.39 is 0 Å². The minimum absolute atomic E-state index is 0.562. The molecule has 0 amide bonds. The molecule has 78 valence electrons. The van der Waals surface area contributed by atoms with E-state index in [-0.39, 0.29) is 0 Å². The lowest BCUT2D eigenvalue weighted by Gasteiger charge is -2.15. The van der Waals surface area contributed by atoms with Gasteiger partial charge in [-0.2, -0.15) is 0 Å². The number of ether oxygens (including phenoxy) is 1. The van der Waals surface area contributed by atoms with Gasteiger partial charge in [-0.1, -0.05) is 30.3 Å². The van der Waals surface area contributed by atoms with Crippen LogP contribution < -0.4 is 5.32 Å². The van der Waals surface area contributed by atoms with Crippen LogP contribution in [0.2, 0.25) is 0 Å². The molecule has 1 aromatic rings. The molecule has 1 rings (SSSR count). The minimum atomic E-state index is 0.562. The molecule has 2 heteroatoms. The highest BCUT2D eigenvalue weighted by atomic mass is 16.5. The molecule has 0 saturated heterocycles. The first kappa shape index (κ1) is 11.2. The second-order valence-corrected chi connectivity index (χ2v) is 3.57. The van der Waals surface area contributed by atoms with E-state index in [2.05, 4.69) is 29.6 Å². The Bertz CT molecular complexity index is 229. The quantitative estimate of drug-likeness (QED) is 0.742. The van der Waals surface area contributed by atoms with Gasteiger partial charge < -0.3 is 10.1 Å². The SMILES string of the molecule is CNCC(COC)Cc1ccccc1. The number of hydrogen-bond donors (Lipinski definition) is 1. The van der Waals surface area contributed by atoms with E-state index in [9.17, 15) is 0 Å². The van der Waals surface area contributed by atoms with E-state index in [1.807, 2.05) is 13.1 Å². The predicted octanol–water partition coefficient (Wildman–Crippen LogP) is 1.71. The Morgan fingerprint density at radius 3 is 2.57 bits per heavy atom. The van der Waals surface area contributed by atoms with Crippen LogP contribution in [0.15, 0.2) is 30.3 Å². The van der Waals surface area contributed by atoms with Crippen molar-refractivity contribution >= 4 is 0 Å². The first-order valence-electron chi connectivity index (χ1n) is 5.04. The van der Waals surface area contributed by atoms with Gasteiger partial charge in [0.25, 0.3) is 0 Å². The van der Waals surface area contributed by atoms with Crippen LogP contribution in [-0.2, 0) is 11.2 Å². The molecular formula is C12H19NO. The Balaban J connectivity index is 2.46. The lowest BCUT2D eigenvalue weighted by molar-refractivity contribution is 0.152. The lowest BCUT2D eigenvalue weighted by Crippen LogP contribution is -2.24. The van der Waals surface area contributed by atoms with Gasteiger partial charge in [0.1, 0.15) is 0 Å². The molecule has 14 heavy (non-hydrogen) atoms. The van der Waals surface area contributed by atoms with Crippen molar-refractivity contribution in [2.24, 2.45) is 5.92 Å². The van der Waals surface area contributed by atoms with Gasteiger partial charge in [0.15, 0.2) is 0 Å². The maximum absolute atomic E-state index is 5.19. The summed E-state index contributed by atoms with van der Waals surface area (Å²) >= 11 is 0. The molecule has 0 heterocycles. The van der Waals surface area contributed by atoms with Crippen molar-refractivity contribution in [3.63, 3.8) is 0 Å². The van der Waals surface area contributed by atoms with E-state index in [4.69, 9.17) is 4.74 Å².